The van der Waals surface area contributed by atoms with E-state index in [0.717, 1.165) is 63.7 Å². The van der Waals surface area contributed by atoms with Crippen molar-refractivity contribution in [2.24, 2.45) is 5.92 Å². The molecule has 0 aliphatic carbocycles. The van der Waals surface area contributed by atoms with Gasteiger partial charge in [0.25, 0.3) is 0 Å². The highest BCUT2D eigenvalue weighted by molar-refractivity contribution is 5.71. The molecule has 0 aromatic rings. The van der Waals surface area contributed by atoms with Crippen molar-refractivity contribution in [1.29, 1.82) is 0 Å². The van der Waals surface area contributed by atoms with E-state index in [1.807, 2.05) is 0 Å². The van der Waals surface area contributed by atoms with Crippen molar-refractivity contribution in [3.05, 3.63) is 0 Å². The minimum atomic E-state index is -0.759. The first-order valence-electron chi connectivity index (χ1n) is 22.4. The van der Waals surface area contributed by atoms with Crippen LogP contribution in [-0.2, 0) is 28.6 Å². The summed E-state index contributed by atoms with van der Waals surface area (Å²) < 4.78 is 16.6. The van der Waals surface area contributed by atoms with Crippen LogP contribution in [-0.4, -0.2) is 37.2 Å². The summed E-state index contributed by atoms with van der Waals surface area (Å²) in [7, 11) is 0. The minimum Gasteiger partial charge on any atom is -0.462 e. The van der Waals surface area contributed by atoms with Crippen LogP contribution in [0.15, 0.2) is 0 Å². The van der Waals surface area contributed by atoms with Gasteiger partial charge >= 0.3 is 17.9 Å². The normalized spacial score (nSPS) is 12.5. The van der Waals surface area contributed by atoms with Gasteiger partial charge in [-0.15, -0.1) is 0 Å². The third-order valence-corrected chi connectivity index (χ3v) is 10.4. The number of hydrogen-bond donors (Lipinski definition) is 0. The maximum atomic E-state index is 12.6. The number of esters is 3. The smallest absolute Gasteiger partial charge is 0.306 e. The van der Waals surface area contributed by atoms with E-state index in [0.29, 0.717) is 19.3 Å². The van der Waals surface area contributed by atoms with Gasteiger partial charge in [0.05, 0.1) is 0 Å². The van der Waals surface area contributed by atoms with Crippen molar-refractivity contribution in [1.82, 2.24) is 0 Å². The van der Waals surface area contributed by atoms with Crippen molar-refractivity contribution in [3.8, 4) is 0 Å². The molecule has 0 rings (SSSR count). The van der Waals surface area contributed by atoms with E-state index in [2.05, 4.69) is 27.7 Å². The van der Waals surface area contributed by atoms with Crippen LogP contribution in [0, 0.1) is 5.92 Å². The molecule has 0 heterocycles. The maximum Gasteiger partial charge on any atom is 0.306 e. The van der Waals surface area contributed by atoms with E-state index >= 15 is 0 Å². The van der Waals surface area contributed by atoms with E-state index in [-0.39, 0.29) is 31.1 Å². The van der Waals surface area contributed by atoms with Crippen LogP contribution in [0.3, 0.4) is 0 Å². The highest BCUT2D eigenvalue weighted by Gasteiger charge is 2.19. The second kappa shape index (κ2) is 39.6. The average Bonchev–Trinajstić information content (AvgIpc) is 3.13. The molecule has 0 spiro atoms. The number of unbranched alkanes of at least 4 members (excludes halogenated alkanes) is 26. The lowest BCUT2D eigenvalue weighted by atomic mass is 10.00. The van der Waals surface area contributed by atoms with Crippen molar-refractivity contribution < 1.29 is 28.6 Å². The number of carbonyl (C=O) groups excluding carboxylic acids is 3. The molecule has 0 saturated carbocycles. The molecule has 1 unspecified atom stereocenters. The summed E-state index contributed by atoms with van der Waals surface area (Å²) in [6.45, 7) is 8.92. The molecular weight excluding hydrogens is 636 g/mol. The highest BCUT2D eigenvalue weighted by atomic mass is 16.6. The van der Waals surface area contributed by atoms with Crippen molar-refractivity contribution in [3.63, 3.8) is 0 Å². The summed E-state index contributed by atoms with van der Waals surface area (Å²) in [5, 5.41) is 0. The molecule has 0 saturated heterocycles. The Bertz CT molecular complexity index is 768. The Morgan fingerprint density at radius 2 is 0.686 bits per heavy atom. The third kappa shape index (κ3) is 38.0. The van der Waals surface area contributed by atoms with Crippen molar-refractivity contribution in [2.75, 3.05) is 13.2 Å². The van der Waals surface area contributed by atoms with Crippen LogP contribution in [0.25, 0.3) is 0 Å². The van der Waals surface area contributed by atoms with Gasteiger partial charge in [-0.25, -0.2) is 0 Å². The van der Waals surface area contributed by atoms with Gasteiger partial charge < -0.3 is 14.2 Å². The Labute approximate surface area is 317 Å². The molecule has 0 fully saturated rings. The summed E-state index contributed by atoms with van der Waals surface area (Å²) in [6.07, 6.45) is 38.1. The van der Waals surface area contributed by atoms with Crippen LogP contribution in [0.4, 0.5) is 0 Å². The van der Waals surface area contributed by atoms with Crippen LogP contribution < -0.4 is 0 Å². The first-order valence-corrected chi connectivity index (χ1v) is 22.4. The molecule has 0 aliphatic rings. The molecule has 6 nitrogen and oxygen atoms in total. The average molecular weight is 723 g/mol. The maximum absolute atomic E-state index is 12.6. The Morgan fingerprint density at radius 1 is 0.392 bits per heavy atom. The summed E-state index contributed by atoms with van der Waals surface area (Å²) >= 11 is 0. The molecule has 51 heavy (non-hydrogen) atoms. The molecule has 0 N–H and O–H groups in total. The van der Waals surface area contributed by atoms with E-state index in [1.165, 1.54) is 141 Å². The molecule has 0 amide bonds. The number of hydrogen-bond acceptors (Lipinski definition) is 6. The molecule has 6 heteroatoms. The van der Waals surface area contributed by atoms with Gasteiger partial charge in [0.15, 0.2) is 6.10 Å². The van der Waals surface area contributed by atoms with Crippen LogP contribution in [0.5, 0.6) is 0 Å². The fourth-order valence-electron chi connectivity index (χ4n) is 6.59. The van der Waals surface area contributed by atoms with Gasteiger partial charge in [0.2, 0.25) is 0 Å². The number of rotatable bonds is 40. The predicted octanol–water partition coefficient (Wildman–Crippen LogP) is 13.9. The fraction of sp³-hybridized carbons (Fsp3) is 0.933. The molecule has 0 aliphatic heterocycles. The van der Waals surface area contributed by atoms with Crippen LogP contribution >= 0.6 is 0 Å². The molecule has 0 aromatic heterocycles. The van der Waals surface area contributed by atoms with Gasteiger partial charge in [-0.2, -0.15) is 0 Å². The molecule has 0 bridgehead atoms. The largest absolute Gasteiger partial charge is 0.462 e. The summed E-state index contributed by atoms with van der Waals surface area (Å²) in [6, 6.07) is 0. The van der Waals surface area contributed by atoms with E-state index in [4.69, 9.17) is 14.2 Å². The zero-order chi connectivity index (χ0) is 37.5. The predicted molar refractivity (Wildman–Crippen MR) is 215 cm³/mol. The number of carbonyl (C=O) groups is 3. The van der Waals surface area contributed by atoms with E-state index < -0.39 is 6.10 Å². The Morgan fingerprint density at radius 3 is 1.02 bits per heavy atom. The lowest BCUT2D eigenvalue weighted by Crippen LogP contribution is -2.30. The van der Waals surface area contributed by atoms with E-state index in [9.17, 15) is 14.4 Å². The zero-order valence-corrected chi connectivity index (χ0v) is 34.6. The van der Waals surface area contributed by atoms with Gasteiger partial charge in [-0.3, -0.25) is 14.4 Å². The fourth-order valence-corrected chi connectivity index (χ4v) is 6.59. The first kappa shape index (κ1) is 49.4. The minimum absolute atomic E-state index is 0.0652. The summed E-state index contributed by atoms with van der Waals surface area (Å²) in [5.74, 6) is -0.0549. The quantitative estimate of drug-likeness (QED) is 0.0356. The van der Waals surface area contributed by atoms with Crippen LogP contribution in [0.2, 0.25) is 0 Å². The Hall–Kier alpha value is -1.59. The van der Waals surface area contributed by atoms with Crippen molar-refractivity contribution in [2.45, 2.75) is 252 Å². The zero-order valence-electron chi connectivity index (χ0n) is 34.6. The molecule has 0 radical (unpaired) electrons. The van der Waals surface area contributed by atoms with E-state index in [1.54, 1.807) is 0 Å². The third-order valence-electron chi connectivity index (χ3n) is 10.4. The second-order valence-electron chi connectivity index (χ2n) is 15.6. The first-order chi connectivity index (χ1) is 24.9. The molecule has 302 valence electrons. The summed E-state index contributed by atoms with van der Waals surface area (Å²) in [4.78, 5) is 37.5. The van der Waals surface area contributed by atoms with Gasteiger partial charge in [-0.05, 0) is 25.2 Å². The van der Waals surface area contributed by atoms with Crippen molar-refractivity contribution >= 4 is 17.9 Å². The standard InChI is InChI=1S/C45H86O6/c1-5-8-10-12-14-15-16-17-18-19-20-21-22-24-29-33-37-44(47)50-40-42(39-49-43(46)36-32-28-23-13-11-9-6-2)51-45(48)38-34-30-26-25-27-31-35-41(4)7-3/h41-42H,5-40H2,1-4H3/t41?,42-/m1/s1. The Balaban J connectivity index is 4.23. The topological polar surface area (TPSA) is 78.9 Å². The molecule has 0 aromatic carbocycles. The Kier molecular flexibility index (Phi) is 38.4. The van der Waals surface area contributed by atoms with Gasteiger partial charge in [0, 0.05) is 19.3 Å². The lowest BCUT2D eigenvalue weighted by molar-refractivity contribution is -0.167. The van der Waals surface area contributed by atoms with Gasteiger partial charge in [-0.1, -0.05) is 207 Å². The number of ether oxygens (including phenoxy) is 3. The molecular formula is C45H86O6. The monoisotopic (exact) mass is 723 g/mol. The van der Waals surface area contributed by atoms with Crippen LogP contribution in [0.1, 0.15) is 246 Å². The lowest BCUT2D eigenvalue weighted by Gasteiger charge is -2.18. The highest BCUT2D eigenvalue weighted by Crippen LogP contribution is 2.16. The van der Waals surface area contributed by atoms with Gasteiger partial charge in [0.1, 0.15) is 13.2 Å². The second-order valence-corrected chi connectivity index (χ2v) is 15.6. The molecule has 2 atom stereocenters. The SMILES string of the molecule is CCCCCCCCCCCCCCCCCCC(=O)OC[C@@H](COC(=O)CCCCCCCCC)OC(=O)CCCCCCCCC(C)CC. The summed E-state index contributed by atoms with van der Waals surface area (Å²) in [5.41, 5.74) is 0.